The molecule has 2 aliphatic rings. The summed E-state index contributed by atoms with van der Waals surface area (Å²) in [6.45, 7) is 1.97. The van der Waals surface area contributed by atoms with Crippen LogP contribution >= 0.6 is 23.5 Å². The van der Waals surface area contributed by atoms with Gasteiger partial charge in [0.25, 0.3) is 0 Å². The monoisotopic (exact) mass is 419 g/mol. The van der Waals surface area contributed by atoms with E-state index in [0.29, 0.717) is 31.1 Å². The van der Waals surface area contributed by atoms with E-state index in [4.69, 9.17) is 0 Å². The molecule has 27 heavy (non-hydrogen) atoms. The summed E-state index contributed by atoms with van der Waals surface area (Å²) in [5, 5.41) is 0.353. The van der Waals surface area contributed by atoms with Crippen molar-refractivity contribution in [3.05, 3.63) is 23.9 Å². The summed E-state index contributed by atoms with van der Waals surface area (Å²) >= 11 is 2.90. The third-order valence-corrected chi connectivity index (χ3v) is 6.46. The molecule has 0 aliphatic carbocycles. The third-order valence-electron chi connectivity index (χ3n) is 4.59. The van der Waals surface area contributed by atoms with Crippen molar-refractivity contribution in [2.75, 3.05) is 36.9 Å². The zero-order chi connectivity index (χ0) is 19.4. The lowest BCUT2D eigenvalue weighted by atomic mass is 10.2. The van der Waals surface area contributed by atoms with Gasteiger partial charge in [-0.1, -0.05) is 11.8 Å². The number of nitrogens with zero attached hydrogens (tertiary/aromatic N) is 3. The summed E-state index contributed by atoms with van der Waals surface area (Å²) in [4.78, 5) is 32.5. The van der Waals surface area contributed by atoms with Crippen LogP contribution in [0.25, 0.3) is 0 Å². The SMILES string of the molecule is O=C([C@@H]1CCCN1C(=O)CSc1ccc(C(F)(F)F)cn1)N1CCSCC1. The fourth-order valence-electron chi connectivity index (χ4n) is 3.17. The summed E-state index contributed by atoms with van der Waals surface area (Å²) in [5.74, 6) is 1.73. The van der Waals surface area contributed by atoms with Gasteiger partial charge < -0.3 is 9.80 Å². The second-order valence-corrected chi connectivity index (χ2v) is 8.57. The van der Waals surface area contributed by atoms with Gasteiger partial charge in [0.05, 0.1) is 16.3 Å². The number of carbonyl (C=O) groups is 2. The van der Waals surface area contributed by atoms with Gasteiger partial charge in [-0.05, 0) is 25.0 Å². The maximum absolute atomic E-state index is 12.7. The fourth-order valence-corrected chi connectivity index (χ4v) is 4.80. The molecule has 148 valence electrons. The summed E-state index contributed by atoms with van der Waals surface area (Å²) in [7, 11) is 0. The van der Waals surface area contributed by atoms with E-state index >= 15 is 0 Å². The molecule has 2 saturated heterocycles. The van der Waals surface area contributed by atoms with Crippen LogP contribution in [0.4, 0.5) is 13.2 Å². The van der Waals surface area contributed by atoms with Crippen LogP contribution < -0.4 is 0 Å². The number of rotatable bonds is 4. The number of hydrogen-bond donors (Lipinski definition) is 0. The first-order valence-electron chi connectivity index (χ1n) is 8.68. The Kier molecular flexibility index (Phi) is 6.56. The van der Waals surface area contributed by atoms with Gasteiger partial charge in [0.15, 0.2) is 0 Å². The van der Waals surface area contributed by atoms with Gasteiger partial charge in [0.2, 0.25) is 11.8 Å². The molecule has 1 aromatic rings. The highest BCUT2D eigenvalue weighted by atomic mass is 32.2. The number of pyridine rings is 1. The molecule has 1 aromatic heterocycles. The van der Waals surface area contributed by atoms with E-state index < -0.39 is 17.8 Å². The van der Waals surface area contributed by atoms with Gasteiger partial charge in [-0.2, -0.15) is 24.9 Å². The van der Waals surface area contributed by atoms with E-state index in [0.717, 1.165) is 42.0 Å². The van der Waals surface area contributed by atoms with Crippen molar-refractivity contribution in [1.29, 1.82) is 0 Å². The number of alkyl halides is 3. The van der Waals surface area contributed by atoms with E-state index in [-0.39, 0.29) is 17.6 Å². The molecule has 2 aliphatic heterocycles. The first kappa shape index (κ1) is 20.3. The van der Waals surface area contributed by atoms with Crippen molar-refractivity contribution in [2.24, 2.45) is 0 Å². The third kappa shape index (κ3) is 5.10. The van der Waals surface area contributed by atoms with Crippen LogP contribution in [0.3, 0.4) is 0 Å². The smallest absolute Gasteiger partial charge is 0.339 e. The normalized spacial score (nSPS) is 20.8. The van der Waals surface area contributed by atoms with Gasteiger partial charge >= 0.3 is 6.18 Å². The molecule has 0 spiro atoms. The van der Waals surface area contributed by atoms with E-state index in [1.54, 1.807) is 4.90 Å². The maximum atomic E-state index is 12.7. The Hall–Kier alpha value is -1.42. The maximum Gasteiger partial charge on any atom is 0.417 e. The van der Waals surface area contributed by atoms with Gasteiger partial charge in [0.1, 0.15) is 6.04 Å². The standard InChI is InChI=1S/C17H20F3N3O2S2/c18-17(19,20)12-3-4-14(21-10-12)27-11-15(24)23-5-1-2-13(23)16(25)22-6-8-26-9-7-22/h3-4,10,13H,1-2,5-9,11H2/t13-/m0/s1. The zero-order valence-electron chi connectivity index (χ0n) is 14.6. The van der Waals surface area contributed by atoms with Crippen LogP contribution in [0, 0.1) is 0 Å². The minimum absolute atomic E-state index is 0.0128. The molecule has 10 heteroatoms. The lowest BCUT2D eigenvalue weighted by Gasteiger charge is -2.32. The van der Waals surface area contributed by atoms with Gasteiger partial charge in [-0.3, -0.25) is 9.59 Å². The second kappa shape index (κ2) is 8.72. The molecule has 0 unspecified atom stereocenters. The molecule has 5 nitrogen and oxygen atoms in total. The number of amides is 2. The first-order valence-corrected chi connectivity index (χ1v) is 10.8. The molecule has 2 amide bonds. The lowest BCUT2D eigenvalue weighted by Crippen LogP contribution is -2.50. The second-order valence-electron chi connectivity index (χ2n) is 6.35. The Morgan fingerprint density at radius 3 is 2.59 bits per heavy atom. The van der Waals surface area contributed by atoms with Gasteiger partial charge in [-0.25, -0.2) is 4.98 Å². The van der Waals surface area contributed by atoms with Crippen LogP contribution in [0.15, 0.2) is 23.4 Å². The van der Waals surface area contributed by atoms with Crippen LogP contribution in [0.2, 0.25) is 0 Å². The zero-order valence-corrected chi connectivity index (χ0v) is 16.2. The van der Waals surface area contributed by atoms with Gasteiger partial charge in [0, 0.05) is 37.3 Å². The van der Waals surface area contributed by atoms with E-state index in [2.05, 4.69) is 4.98 Å². The Balaban J connectivity index is 1.56. The predicted molar refractivity (Wildman–Crippen MR) is 98.6 cm³/mol. The average Bonchev–Trinajstić information content (AvgIpc) is 3.16. The summed E-state index contributed by atoms with van der Waals surface area (Å²) in [6, 6.07) is 1.80. The van der Waals surface area contributed by atoms with E-state index in [1.165, 1.54) is 6.07 Å². The highest BCUT2D eigenvalue weighted by molar-refractivity contribution is 8.00. The molecule has 0 radical (unpaired) electrons. The van der Waals surface area contributed by atoms with Crippen molar-refractivity contribution in [3.63, 3.8) is 0 Å². The van der Waals surface area contributed by atoms with Crippen molar-refractivity contribution < 1.29 is 22.8 Å². The largest absolute Gasteiger partial charge is 0.417 e. The Morgan fingerprint density at radius 1 is 1.22 bits per heavy atom. The summed E-state index contributed by atoms with van der Waals surface area (Å²) in [5.41, 5.74) is -0.817. The van der Waals surface area contributed by atoms with Crippen LogP contribution in [-0.2, 0) is 15.8 Å². The summed E-state index contributed by atoms with van der Waals surface area (Å²) < 4.78 is 37.7. The average molecular weight is 419 g/mol. The minimum atomic E-state index is -4.43. The number of hydrogen-bond acceptors (Lipinski definition) is 5. The fraction of sp³-hybridized carbons (Fsp3) is 0.588. The number of likely N-dealkylation sites (tertiary alicyclic amines) is 1. The van der Waals surface area contributed by atoms with Crippen LogP contribution in [0.5, 0.6) is 0 Å². The quantitative estimate of drug-likeness (QED) is 0.703. The van der Waals surface area contributed by atoms with Crippen molar-refractivity contribution in [2.45, 2.75) is 30.1 Å². The predicted octanol–water partition coefficient (Wildman–Crippen LogP) is 2.76. The molecule has 0 N–H and O–H groups in total. The van der Waals surface area contributed by atoms with Crippen molar-refractivity contribution >= 4 is 35.3 Å². The first-order chi connectivity index (χ1) is 12.9. The number of thioether (sulfide) groups is 2. The minimum Gasteiger partial charge on any atom is -0.339 e. The molecule has 2 fully saturated rings. The molecule has 3 heterocycles. The molecule has 3 rings (SSSR count). The number of aromatic nitrogens is 1. The van der Waals surface area contributed by atoms with Crippen molar-refractivity contribution in [3.8, 4) is 0 Å². The Morgan fingerprint density at radius 2 is 1.96 bits per heavy atom. The van der Waals surface area contributed by atoms with Crippen LogP contribution in [-0.4, -0.2) is 69.5 Å². The lowest BCUT2D eigenvalue weighted by molar-refractivity contribution is -0.142. The highest BCUT2D eigenvalue weighted by Crippen LogP contribution is 2.30. The van der Waals surface area contributed by atoms with E-state index in [1.807, 2.05) is 16.7 Å². The highest BCUT2D eigenvalue weighted by Gasteiger charge is 2.36. The van der Waals surface area contributed by atoms with Crippen molar-refractivity contribution in [1.82, 2.24) is 14.8 Å². The summed E-state index contributed by atoms with van der Waals surface area (Å²) in [6.07, 6.45) is -2.21. The van der Waals surface area contributed by atoms with E-state index in [9.17, 15) is 22.8 Å². The molecule has 0 bridgehead atoms. The molecular weight excluding hydrogens is 399 g/mol. The molecular formula is C17H20F3N3O2S2. The molecule has 1 atom stereocenters. The topological polar surface area (TPSA) is 53.5 Å². The Bertz CT molecular complexity index is 679. The molecule has 0 aromatic carbocycles. The number of carbonyl (C=O) groups excluding carboxylic acids is 2. The molecule has 0 saturated carbocycles. The Labute approximate surface area is 164 Å². The van der Waals surface area contributed by atoms with Gasteiger partial charge in [-0.15, -0.1) is 0 Å². The van der Waals surface area contributed by atoms with Crippen LogP contribution in [0.1, 0.15) is 18.4 Å². The number of halogens is 3.